The molecule has 0 bridgehead atoms. The zero-order valence-electron chi connectivity index (χ0n) is 11.1. The first kappa shape index (κ1) is 13.0. The van der Waals surface area contributed by atoms with Crippen LogP contribution in [-0.2, 0) is 10.6 Å². The van der Waals surface area contributed by atoms with Gasteiger partial charge >= 0.3 is 0 Å². The number of hydrogen-bond donors (Lipinski definition) is 0. The molecular formula is C13H19N3OSi. The minimum atomic E-state index is -2.03. The van der Waals surface area contributed by atoms with E-state index in [4.69, 9.17) is 4.43 Å². The molecule has 0 amide bonds. The lowest BCUT2D eigenvalue weighted by molar-refractivity contribution is 0.230. The van der Waals surface area contributed by atoms with Gasteiger partial charge < -0.3 is 4.43 Å². The Balaban J connectivity index is 2.28. The van der Waals surface area contributed by atoms with Gasteiger partial charge in [-0.1, -0.05) is 30.3 Å². The number of hydrogen-bond acceptors (Lipinski definition) is 3. The van der Waals surface area contributed by atoms with E-state index in [2.05, 4.69) is 54.7 Å². The highest BCUT2D eigenvalue weighted by Crippen LogP contribution is 2.11. The molecule has 0 saturated heterocycles. The molecule has 1 unspecified atom stereocenters. The van der Waals surface area contributed by atoms with Gasteiger partial charge in [0.1, 0.15) is 12.7 Å². The predicted octanol–water partition coefficient (Wildman–Crippen LogP) is 1.72. The zero-order valence-corrected chi connectivity index (χ0v) is 12.1. The maximum atomic E-state index is 6.25. The van der Waals surface area contributed by atoms with Crippen LogP contribution in [0.2, 0.25) is 6.55 Å². The normalized spacial score (nSPS) is 14.7. The summed E-state index contributed by atoms with van der Waals surface area (Å²) in [5.41, 5.74) is 0. The number of benzene rings is 1. The Morgan fingerprint density at radius 3 is 2.56 bits per heavy atom. The van der Waals surface area contributed by atoms with Gasteiger partial charge in [-0.2, -0.15) is 5.10 Å². The molecular weight excluding hydrogens is 242 g/mol. The third kappa shape index (κ3) is 3.05. The number of nitrogens with zero attached hydrogens (tertiary/aromatic N) is 3. The Morgan fingerprint density at radius 1 is 1.28 bits per heavy atom. The lowest BCUT2D eigenvalue weighted by Crippen LogP contribution is -2.53. The van der Waals surface area contributed by atoms with Crippen LogP contribution in [0.25, 0.3) is 0 Å². The second-order valence-corrected chi connectivity index (χ2v) is 8.45. The molecule has 0 radical (unpaired) electrons. The van der Waals surface area contributed by atoms with Gasteiger partial charge in [-0.05, 0) is 25.6 Å². The summed E-state index contributed by atoms with van der Waals surface area (Å²) < 4.78 is 8.11. The summed E-state index contributed by atoms with van der Waals surface area (Å²) in [6.45, 7) is 6.38. The van der Waals surface area contributed by atoms with E-state index in [-0.39, 0.29) is 6.10 Å². The average molecular weight is 261 g/mol. The van der Waals surface area contributed by atoms with Crippen LogP contribution in [0.1, 0.15) is 13.8 Å². The SMILES string of the molecule is CC(C)O[Si](C)(Cn1cncn1)c1ccccc1. The smallest absolute Gasteiger partial charge is 0.242 e. The fourth-order valence-electron chi connectivity index (χ4n) is 2.13. The van der Waals surface area contributed by atoms with Crippen molar-refractivity contribution >= 4 is 13.5 Å². The molecule has 0 aliphatic rings. The summed E-state index contributed by atoms with van der Waals surface area (Å²) in [5.74, 6) is 0. The molecule has 4 nitrogen and oxygen atoms in total. The van der Waals surface area contributed by atoms with Crippen LogP contribution in [0.15, 0.2) is 43.0 Å². The zero-order chi connectivity index (χ0) is 13.0. The van der Waals surface area contributed by atoms with Crippen molar-refractivity contribution in [1.82, 2.24) is 14.8 Å². The van der Waals surface area contributed by atoms with E-state index < -0.39 is 8.32 Å². The third-order valence-electron chi connectivity index (χ3n) is 2.81. The molecule has 18 heavy (non-hydrogen) atoms. The minimum Gasteiger partial charge on any atom is -0.408 e. The maximum absolute atomic E-state index is 6.25. The van der Waals surface area contributed by atoms with Crippen LogP contribution >= 0.6 is 0 Å². The molecule has 0 saturated carbocycles. The van der Waals surface area contributed by atoms with Crippen LogP contribution < -0.4 is 5.19 Å². The molecule has 0 fully saturated rings. The Labute approximate surface area is 109 Å². The molecule has 0 spiro atoms. The van der Waals surface area contributed by atoms with Crippen LogP contribution in [0.4, 0.5) is 0 Å². The van der Waals surface area contributed by atoms with Crippen molar-refractivity contribution in [2.24, 2.45) is 0 Å². The molecule has 1 heterocycles. The lowest BCUT2D eigenvalue weighted by atomic mass is 10.4. The van der Waals surface area contributed by atoms with Crippen LogP contribution in [0, 0.1) is 0 Å². The van der Waals surface area contributed by atoms with E-state index in [9.17, 15) is 0 Å². The van der Waals surface area contributed by atoms with Gasteiger partial charge in [0.15, 0.2) is 0 Å². The van der Waals surface area contributed by atoms with Gasteiger partial charge in [0.05, 0.1) is 6.17 Å². The van der Waals surface area contributed by atoms with Gasteiger partial charge in [0.25, 0.3) is 0 Å². The van der Waals surface area contributed by atoms with Crippen molar-refractivity contribution in [3.63, 3.8) is 0 Å². The first-order valence-electron chi connectivity index (χ1n) is 6.16. The van der Waals surface area contributed by atoms with E-state index >= 15 is 0 Å². The molecule has 1 aromatic carbocycles. The molecule has 1 atom stereocenters. The Kier molecular flexibility index (Phi) is 3.93. The Bertz CT molecular complexity index is 472. The van der Waals surface area contributed by atoms with Crippen LogP contribution in [0.3, 0.4) is 0 Å². The molecule has 0 aliphatic heterocycles. The summed E-state index contributed by atoms with van der Waals surface area (Å²) in [4.78, 5) is 4.00. The highest BCUT2D eigenvalue weighted by molar-refractivity contribution is 6.84. The Morgan fingerprint density at radius 2 is 2.00 bits per heavy atom. The molecule has 1 aromatic heterocycles. The largest absolute Gasteiger partial charge is 0.408 e. The molecule has 96 valence electrons. The first-order valence-corrected chi connectivity index (χ1v) is 8.77. The minimum absolute atomic E-state index is 0.213. The Hall–Kier alpha value is -1.46. The number of aromatic nitrogens is 3. The predicted molar refractivity (Wildman–Crippen MR) is 73.9 cm³/mol. The van der Waals surface area contributed by atoms with Crippen molar-refractivity contribution in [1.29, 1.82) is 0 Å². The van der Waals surface area contributed by atoms with Crippen LogP contribution in [-0.4, -0.2) is 29.2 Å². The summed E-state index contributed by atoms with van der Waals surface area (Å²) in [6, 6.07) is 10.4. The average Bonchev–Trinajstić information content (AvgIpc) is 2.81. The van der Waals surface area contributed by atoms with E-state index in [0.29, 0.717) is 0 Å². The topological polar surface area (TPSA) is 39.9 Å². The summed E-state index contributed by atoms with van der Waals surface area (Å²) >= 11 is 0. The number of rotatable bonds is 5. The van der Waals surface area contributed by atoms with E-state index in [1.54, 1.807) is 12.7 Å². The second kappa shape index (κ2) is 5.45. The fourth-order valence-corrected chi connectivity index (χ4v) is 5.24. The summed E-state index contributed by atoms with van der Waals surface area (Å²) in [6.07, 6.45) is 4.31. The van der Waals surface area contributed by atoms with Gasteiger partial charge in [-0.15, -0.1) is 0 Å². The molecule has 0 aliphatic carbocycles. The van der Waals surface area contributed by atoms with Crippen LogP contribution in [0.5, 0.6) is 0 Å². The monoisotopic (exact) mass is 261 g/mol. The van der Waals surface area contributed by atoms with Gasteiger partial charge in [0, 0.05) is 6.10 Å². The van der Waals surface area contributed by atoms with E-state index in [0.717, 1.165) is 6.17 Å². The first-order chi connectivity index (χ1) is 8.60. The molecule has 0 N–H and O–H groups in total. The lowest BCUT2D eigenvalue weighted by Gasteiger charge is -2.29. The molecule has 5 heteroatoms. The third-order valence-corrected chi connectivity index (χ3v) is 6.28. The fraction of sp³-hybridized carbons (Fsp3) is 0.385. The van der Waals surface area contributed by atoms with Crippen molar-refractivity contribution < 1.29 is 4.43 Å². The van der Waals surface area contributed by atoms with Crippen molar-refractivity contribution in [3.05, 3.63) is 43.0 Å². The van der Waals surface area contributed by atoms with Crippen molar-refractivity contribution in [2.75, 3.05) is 0 Å². The van der Waals surface area contributed by atoms with Crippen molar-refractivity contribution in [2.45, 2.75) is 32.7 Å². The van der Waals surface area contributed by atoms with Gasteiger partial charge in [-0.25, -0.2) is 4.98 Å². The van der Waals surface area contributed by atoms with Gasteiger partial charge in [0.2, 0.25) is 8.32 Å². The van der Waals surface area contributed by atoms with E-state index in [1.807, 2.05) is 10.7 Å². The standard InChI is InChI=1S/C13H19N3OSi/c1-12(2)17-18(3,11-16-10-14-9-15-16)13-7-5-4-6-8-13/h4-10,12H,11H2,1-3H3. The molecule has 2 rings (SSSR count). The summed E-state index contributed by atoms with van der Waals surface area (Å²) in [7, 11) is -2.03. The van der Waals surface area contributed by atoms with Gasteiger partial charge in [-0.3, -0.25) is 4.68 Å². The highest BCUT2D eigenvalue weighted by Gasteiger charge is 2.33. The highest BCUT2D eigenvalue weighted by atomic mass is 28.4. The quantitative estimate of drug-likeness (QED) is 0.770. The second-order valence-electron chi connectivity index (χ2n) is 4.86. The maximum Gasteiger partial charge on any atom is 0.242 e. The van der Waals surface area contributed by atoms with E-state index in [1.165, 1.54) is 5.19 Å². The summed E-state index contributed by atoms with van der Waals surface area (Å²) in [5, 5.41) is 5.48. The molecule has 2 aromatic rings. The van der Waals surface area contributed by atoms with Crippen molar-refractivity contribution in [3.8, 4) is 0 Å².